The molecule has 0 aromatic heterocycles. The standard InChI is InChI=1S/C12H26N2/c1-5-10(2)14-12(9-13)7-6-11(3,4)8-12/h10,14H,5-9,13H2,1-4H3. The lowest BCUT2D eigenvalue weighted by atomic mass is 9.87. The minimum Gasteiger partial charge on any atom is -0.329 e. The molecular formula is C12H26N2. The zero-order valence-corrected chi connectivity index (χ0v) is 10.2. The highest BCUT2D eigenvalue weighted by Gasteiger charge is 2.42. The van der Waals surface area contributed by atoms with Gasteiger partial charge < -0.3 is 11.1 Å². The first-order valence-corrected chi connectivity index (χ1v) is 5.91. The third-order valence-corrected chi connectivity index (χ3v) is 3.65. The lowest BCUT2D eigenvalue weighted by Crippen LogP contribution is -2.53. The normalized spacial score (nSPS) is 33.2. The fraction of sp³-hybridized carbons (Fsp3) is 1.00. The van der Waals surface area contributed by atoms with Crippen LogP contribution in [0.15, 0.2) is 0 Å². The molecule has 0 aliphatic heterocycles. The molecule has 0 aromatic rings. The zero-order valence-electron chi connectivity index (χ0n) is 10.2. The number of rotatable bonds is 4. The third kappa shape index (κ3) is 2.71. The molecule has 1 fully saturated rings. The van der Waals surface area contributed by atoms with Gasteiger partial charge in [0, 0.05) is 18.1 Å². The molecule has 2 unspecified atom stereocenters. The van der Waals surface area contributed by atoms with Crippen LogP contribution in [0.4, 0.5) is 0 Å². The summed E-state index contributed by atoms with van der Waals surface area (Å²) in [6.45, 7) is 9.96. The maximum atomic E-state index is 5.93. The van der Waals surface area contributed by atoms with E-state index in [1.54, 1.807) is 0 Å². The first kappa shape index (κ1) is 12.0. The van der Waals surface area contributed by atoms with Gasteiger partial charge in [0.1, 0.15) is 0 Å². The molecule has 84 valence electrons. The lowest BCUT2D eigenvalue weighted by molar-refractivity contribution is 0.266. The van der Waals surface area contributed by atoms with Gasteiger partial charge in [-0.3, -0.25) is 0 Å². The van der Waals surface area contributed by atoms with Gasteiger partial charge in [-0.25, -0.2) is 0 Å². The van der Waals surface area contributed by atoms with E-state index in [-0.39, 0.29) is 5.54 Å². The van der Waals surface area contributed by atoms with Crippen LogP contribution in [0.3, 0.4) is 0 Å². The highest BCUT2D eigenvalue weighted by Crippen LogP contribution is 2.43. The van der Waals surface area contributed by atoms with Gasteiger partial charge >= 0.3 is 0 Å². The Balaban J connectivity index is 2.60. The molecule has 0 saturated heterocycles. The number of hydrogen-bond acceptors (Lipinski definition) is 2. The van der Waals surface area contributed by atoms with Crippen molar-refractivity contribution < 1.29 is 0 Å². The molecule has 0 spiro atoms. The molecule has 0 heterocycles. The summed E-state index contributed by atoms with van der Waals surface area (Å²) in [6.07, 6.45) is 4.94. The van der Waals surface area contributed by atoms with Crippen molar-refractivity contribution in [2.75, 3.05) is 6.54 Å². The minimum atomic E-state index is 0.221. The van der Waals surface area contributed by atoms with E-state index in [0.717, 1.165) is 6.54 Å². The first-order chi connectivity index (χ1) is 6.43. The molecule has 0 bridgehead atoms. The highest BCUT2D eigenvalue weighted by molar-refractivity contribution is 5.01. The van der Waals surface area contributed by atoms with Crippen LogP contribution < -0.4 is 11.1 Å². The van der Waals surface area contributed by atoms with E-state index in [0.29, 0.717) is 11.5 Å². The zero-order chi connectivity index (χ0) is 10.8. The second kappa shape index (κ2) is 4.19. The molecule has 1 rings (SSSR count). The monoisotopic (exact) mass is 198 g/mol. The van der Waals surface area contributed by atoms with Crippen LogP contribution in [0.2, 0.25) is 0 Å². The smallest absolute Gasteiger partial charge is 0.0311 e. The second-order valence-corrected chi connectivity index (χ2v) is 5.78. The van der Waals surface area contributed by atoms with E-state index in [4.69, 9.17) is 5.73 Å². The molecule has 1 aliphatic carbocycles. The summed E-state index contributed by atoms with van der Waals surface area (Å²) in [7, 11) is 0. The van der Waals surface area contributed by atoms with E-state index in [9.17, 15) is 0 Å². The van der Waals surface area contributed by atoms with Gasteiger partial charge in [0.25, 0.3) is 0 Å². The topological polar surface area (TPSA) is 38.0 Å². The molecule has 2 nitrogen and oxygen atoms in total. The SMILES string of the molecule is CCC(C)NC1(CN)CCC(C)(C)C1. The first-order valence-electron chi connectivity index (χ1n) is 5.91. The van der Waals surface area contributed by atoms with E-state index >= 15 is 0 Å². The summed E-state index contributed by atoms with van der Waals surface area (Å²) < 4.78 is 0. The lowest BCUT2D eigenvalue weighted by Gasteiger charge is -2.34. The van der Waals surface area contributed by atoms with Gasteiger partial charge in [-0.15, -0.1) is 0 Å². The second-order valence-electron chi connectivity index (χ2n) is 5.78. The van der Waals surface area contributed by atoms with E-state index < -0.39 is 0 Å². The predicted octanol–water partition coefficient (Wildman–Crippen LogP) is 2.28. The molecule has 1 aliphatic rings. The van der Waals surface area contributed by atoms with Crippen LogP contribution in [0.5, 0.6) is 0 Å². The van der Waals surface area contributed by atoms with Crippen molar-refractivity contribution in [2.24, 2.45) is 11.1 Å². The van der Waals surface area contributed by atoms with Crippen LogP contribution in [-0.2, 0) is 0 Å². The fourth-order valence-electron chi connectivity index (χ4n) is 2.65. The van der Waals surface area contributed by atoms with Crippen molar-refractivity contribution in [3.8, 4) is 0 Å². The van der Waals surface area contributed by atoms with Gasteiger partial charge in [-0.1, -0.05) is 20.8 Å². The molecule has 0 amide bonds. The van der Waals surface area contributed by atoms with E-state index in [2.05, 4.69) is 33.0 Å². The van der Waals surface area contributed by atoms with Gasteiger partial charge in [-0.2, -0.15) is 0 Å². The van der Waals surface area contributed by atoms with Crippen molar-refractivity contribution >= 4 is 0 Å². The maximum absolute atomic E-state index is 5.93. The van der Waals surface area contributed by atoms with Gasteiger partial charge in [-0.05, 0) is 38.0 Å². The van der Waals surface area contributed by atoms with E-state index in [1.165, 1.54) is 25.7 Å². The van der Waals surface area contributed by atoms with Gasteiger partial charge in [0.15, 0.2) is 0 Å². The largest absolute Gasteiger partial charge is 0.329 e. The molecular weight excluding hydrogens is 172 g/mol. The van der Waals surface area contributed by atoms with Crippen LogP contribution in [0.1, 0.15) is 53.4 Å². The van der Waals surface area contributed by atoms with Crippen LogP contribution in [0, 0.1) is 5.41 Å². The highest BCUT2D eigenvalue weighted by atomic mass is 15.0. The Morgan fingerprint density at radius 3 is 2.36 bits per heavy atom. The van der Waals surface area contributed by atoms with Crippen molar-refractivity contribution in [3.05, 3.63) is 0 Å². The molecule has 0 aromatic carbocycles. The Labute approximate surface area is 88.6 Å². The van der Waals surface area contributed by atoms with Gasteiger partial charge in [0.05, 0.1) is 0 Å². The Kier molecular flexibility index (Phi) is 3.59. The summed E-state index contributed by atoms with van der Waals surface area (Å²) in [4.78, 5) is 0. The summed E-state index contributed by atoms with van der Waals surface area (Å²) in [5.74, 6) is 0. The predicted molar refractivity (Wildman–Crippen MR) is 62.3 cm³/mol. The van der Waals surface area contributed by atoms with Crippen LogP contribution in [-0.4, -0.2) is 18.1 Å². The average Bonchev–Trinajstić information content (AvgIpc) is 2.42. The summed E-state index contributed by atoms with van der Waals surface area (Å²) in [5.41, 5.74) is 6.62. The Morgan fingerprint density at radius 2 is 2.00 bits per heavy atom. The molecule has 0 radical (unpaired) electrons. The van der Waals surface area contributed by atoms with Crippen molar-refractivity contribution in [1.82, 2.24) is 5.32 Å². The number of nitrogens with one attached hydrogen (secondary N) is 1. The maximum Gasteiger partial charge on any atom is 0.0311 e. The third-order valence-electron chi connectivity index (χ3n) is 3.65. The van der Waals surface area contributed by atoms with Crippen molar-refractivity contribution in [1.29, 1.82) is 0 Å². The number of nitrogens with two attached hydrogens (primary N) is 1. The van der Waals surface area contributed by atoms with Crippen LogP contribution in [0.25, 0.3) is 0 Å². The number of hydrogen-bond donors (Lipinski definition) is 2. The van der Waals surface area contributed by atoms with Crippen molar-refractivity contribution in [2.45, 2.75) is 65.0 Å². The van der Waals surface area contributed by atoms with Gasteiger partial charge in [0.2, 0.25) is 0 Å². The van der Waals surface area contributed by atoms with Crippen molar-refractivity contribution in [3.63, 3.8) is 0 Å². The van der Waals surface area contributed by atoms with E-state index in [1.807, 2.05) is 0 Å². The molecule has 14 heavy (non-hydrogen) atoms. The summed E-state index contributed by atoms with van der Waals surface area (Å²) >= 11 is 0. The molecule has 2 atom stereocenters. The fourth-order valence-corrected chi connectivity index (χ4v) is 2.65. The average molecular weight is 198 g/mol. The Hall–Kier alpha value is -0.0800. The summed E-state index contributed by atoms with van der Waals surface area (Å²) in [5, 5.41) is 3.72. The summed E-state index contributed by atoms with van der Waals surface area (Å²) in [6, 6.07) is 0.590. The molecule has 1 saturated carbocycles. The van der Waals surface area contributed by atoms with Crippen LogP contribution >= 0.6 is 0 Å². The quantitative estimate of drug-likeness (QED) is 0.727. The Bertz CT molecular complexity index is 189. The minimum absolute atomic E-state index is 0.221. The molecule has 2 heteroatoms. The Morgan fingerprint density at radius 1 is 1.36 bits per heavy atom. The molecule has 3 N–H and O–H groups in total.